The van der Waals surface area contributed by atoms with Crippen molar-refractivity contribution in [3.05, 3.63) is 89.7 Å². The van der Waals surface area contributed by atoms with Gasteiger partial charge in [-0.2, -0.15) is 5.10 Å². The van der Waals surface area contributed by atoms with Gasteiger partial charge in [0.1, 0.15) is 18.1 Å². The summed E-state index contributed by atoms with van der Waals surface area (Å²) in [6.45, 7) is 1.35. The molecule has 3 rings (SSSR count). The molecule has 0 unspecified atom stereocenters. The molecule has 1 N–H and O–H groups in total. The second kappa shape index (κ2) is 10.1. The molecule has 0 aliphatic rings. The van der Waals surface area contributed by atoms with Crippen molar-refractivity contribution in [2.45, 2.75) is 11.8 Å². The molecule has 0 aliphatic heterocycles. The Balaban J connectivity index is 1.82. The van der Waals surface area contributed by atoms with Gasteiger partial charge >= 0.3 is 0 Å². The highest BCUT2D eigenvalue weighted by Gasteiger charge is 2.27. The molecule has 0 atom stereocenters. The molecule has 3 aromatic carbocycles. The van der Waals surface area contributed by atoms with E-state index in [1.165, 1.54) is 6.21 Å². The number of benzene rings is 3. The van der Waals surface area contributed by atoms with E-state index in [1.54, 1.807) is 55.6 Å². The van der Waals surface area contributed by atoms with E-state index in [-0.39, 0.29) is 4.90 Å². The Morgan fingerprint density at radius 2 is 1.78 bits per heavy atom. The van der Waals surface area contributed by atoms with Crippen molar-refractivity contribution in [3.63, 3.8) is 0 Å². The van der Waals surface area contributed by atoms with Gasteiger partial charge in [-0.05, 0) is 61.0 Å². The Morgan fingerprint density at radius 3 is 2.44 bits per heavy atom. The van der Waals surface area contributed by atoms with Crippen LogP contribution < -0.4 is 14.5 Å². The fourth-order valence-electron chi connectivity index (χ4n) is 2.83. The number of hydrogen-bond donors (Lipinski definition) is 1. The van der Waals surface area contributed by atoms with Crippen LogP contribution in [-0.4, -0.2) is 34.2 Å². The second-order valence-corrected chi connectivity index (χ2v) is 8.73. The van der Waals surface area contributed by atoms with Gasteiger partial charge < -0.3 is 4.74 Å². The normalized spacial score (nSPS) is 11.3. The van der Waals surface area contributed by atoms with Crippen molar-refractivity contribution in [3.8, 4) is 5.75 Å². The number of carbonyl (C=O) groups is 1. The maximum atomic E-state index is 13.3. The summed E-state index contributed by atoms with van der Waals surface area (Å²) < 4.78 is 45.8. The molecule has 32 heavy (non-hydrogen) atoms. The molecule has 3 aromatic rings. The number of ether oxygens (including phenoxy) is 1. The standard InChI is InChI=1S/C23H22FN3O4S/c1-17-6-10-20(11-7-17)27(32(29,30)22-12-8-19(24)9-13-22)16-23(28)26-25-15-18-4-3-5-21(14-18)31-2/h3-15H,16H2,1-2H3,(H,26,28)/b25-15-. The first kappa shape index (κ1) is 23.0. The molecule has 0 saturated carbocycles. The molecule has 0 spiro atoms. The molecular weight excluding hydrogens is 433 g/mol. The van der Waals surface area contributed by atoms with Crippen LogP contribution in [0.3, 0.4) is 0 Å². The molecule has 0 aliphatic carbocycles. The Hall–Kier alpha value is -3.72. The van der Waals surface area contributed by atoms with E-state index in [9.17, 15) is 17.6 Å². The number of methoxy groups -OCH3 is 1. The number of sulfonamides is 1. The van der Waals surface area contributed by atoms with Crippen molar-refractivity contribution in [2.75, 3.05) is 18.0 Å². The molecule has 0 fully saturated rings. The average Bonchev–Trinajstić information content (AvgIpc) is 2.78. The van der Waals surface area contributed by atoms with Crippen LogP contribution in [0.2, 0.25) is 0 Å². The van der Waals surface area contributed by atoms with Gasteiger partial charge in [0.15, 0.2) is 0 Å². The van der Waals surface area contributed by atoms with Crippen LogP contribution in [-0.2, 0) is 14.8 Å². The highest BCUT2D eigenvalue weighted by atomic mass is 32.2. The number of aryl methyl sites for hydroxylation is 1. The van der Waals surface area contributed by atoms with Crippen molar-refractivity contribution in [2.24, 2.45) is 5.10 Å². The SMILES string of the molecule is COc1cccc(/C=N\NC(=O)CN(c2ccc(C)cc2)S(=O)(=O)c2ccc(F)cc2)c1. The van der Waals surface area contributed by atoms with E-state index >= 15 is 0 Å². The van der Waals surface area contributed by atoms with Crippen LogP contribution in [0.25, 0.3) is 0 Å². The Morgan fingerprint density at radius 1 is 1.09 bits per heavy atom. The van der Waals surface area contributed by atoms with Crippen LogP contribution in [0, 0.1) is 12.7 Å². The van der Waals surface area contributed by atoms with E-state index in [0.29, 0.717) is 17.0 Å². The van der Waals surface area contributed by atoms with Crippen molar-refractivity contribution in [1.29, 1.82) is 0 Å². The minimum Gasteiger partial charge on any atom is -0.497 e. The fraction of sp³-hybridized carbons (Fsp3) is 0.130. The number of halogens is 1. The van der Waals surface area contributed by atoms with E-state index < -0.39 is 28.3 Å². The first-order valence-electron chi connectivity index (χ1n) is 9.60. The van der Waals surface area contributed by atoms with Gasteiger partial charge in [0.25, 0.3) is 15.9 Å². The summed E-state index contributed by atoms with van der Waals surface area (Å²) in [6, 6.07) is 18.1. The Labute approximate surface area is 186 Å². The lowest BCUT2D eigenvalue weighted by molar-refractivity contribution is -0.119. The maximum Gasteiger partial charge on any atom is 0.264 e. The predicted molar refractivity (Wildman–Crippen MR) is 121 cm³/mol. The summed E-state index contributed by atoms with van der Waals surface area (Å²) in [6.07, 6.45) is 1.42. The van der Waals surface area contributed by atoms with Crippen molar-refractivity contribution >= 4 is 27.8 Å². The van der Waals surface area contributed by atoms with E-state index in [0.717, 1.165) is 34.1 Å². The first-order chi connectivity index (χ1) is 15.3. The molecule has 0 bridgehead atoms. The van der Waals surface area contributed by atoms with Crippen LogP contribution in [0.1, 0.15) is 11.1 Å². The maximum absolute atomic E-state index is 13.3. The van der Waals surface area contributed by atoms with Gasteiger partial charge in [-0.1, -0.05) is 29.8 Å². The minimum absolute atomic E-state index is 0.132. The summed E-state index contributed by atoms with van der Waals surface area (Å²) in [7, 11) is -2.59. The van der Waals surface area contributed by atoms with E-state index in [2.05, 4.69) is 10.5 Å². The number of carbonyl (C=O) groups excluding carboxylic acids is 1. The Kier molecular flexibility index (Phi) is 7.21. The first-order valence-corrected chi connectivity index (χ1v) is 11.0. The molecule has 0 aromatic heterocycles. The molecule has 7 nitrogen and oxygen atoms in total. The third-order valence-corrected chi connectivity index (χ3v) is 6.30. The van der Waals surface area contributed by atoms with E-state index in [1.807, 2.05) is 6.92 Å². The van der Waals surface area contributed by atoms with E-state index in [4.69, 9.17) is 4.74 Å². The summed E-state index contributed by atoms with van der Waals surface area (Å²) in [5, 5.41) is 3.89. The monoisotopic (exact) mass is 455 g/mol. The smallest absolute Gasteiger partial charge is 0.264 e. The quantitative estimate of drug-likeness (QED) is 0.416. The molecule has 9 heteroatoms. The number of hydrazone groups is 1. The topological polar surface area (TPSA) is 88.1 Å². The van der Waals surface area contributed by atoms with Gasteiger partial charge in [-0.15, -0.1) is 0 Å². The largest absolute Gasteiger partial charge is 0.497 e. The fourth-order valence-corrected chi connectivity index (χ4v) is 4.25. The highest BCUT2D eigenvalue weighted by Crippen LogP contribution is 2.24. The van der Waals surface area contributed by atoms with Crippen LogP contribution in [0.4, 0.5) is 10.1 Å². The van der Waals surface area contributed by atoms with Crippen LogP contribution in [0.5, 0.6) is 5.75 Å². The lowest BCUT2D eigenvalue weighted by Gasteiger charge is -2.23. The van der Waals surface area contributed by atoms with Gasteiger partial charge in [0.2, 0.25) is 0 Å². The number of nitrogens with one attached hydrogen (secondary N) is 1. The number of rotatable bonds is 8. The Bertz CT molecular complexity index is 1210. The zero-order valence-corrected chi connectivity index (χ0v) is 18.3. The zero-order chi connectivity index (χ0) is 23.1. The number of nitrogens with zero attached hydrogens (tertiary/aromatic N) is 2. The van der Waals surface area contributed by atoms with Gasteiger partial charge in [0.05, 0.1) is 23.9 Å². The summed E-state index contributed by atoms with van der Waals surface area (Å²) >= 11 is 0. The molecule has 0 radical (unpaired) electrons. The molecule has 1 amide bonds. The third kappa shape index (κ3) is 5.70. The predicted octanol–water partition coefficient (Wildman–Crippen LogP) is 3.49. The highest BCUT2D eigenvalue weighted by molar-refractivity contribution is 7.92. The van der Waals surface area contributed by atoms with Crippen LogP contribution >= 0.6 is 0 Å². The number of anilines is 1. The summed E-state index contributed by atoms with van der Waals surface area (Å²) in [4.78, 5) is 12.4. The summed E-state index contributed by atoms with van der Waals surface area (Å²) in [5.41, 5.74) is 4.26. The lowest BCUT2D eigenvalue weighted by Crippen LogP contribution is -2.39. The molecular formula is C23H22FN3O4S. The van der Waals surface area contributed by atoms with Gasteiger partial charge in [-0.3, -0.25) is 9.10 Å². The van der Waals surface area contributed by atoms with Gasteiger partial charge in [-0.25, -0.2) is 18.2 Å². The number of amides is 1. The summed E-state index contributed by atoms with van der Waals surface area (Å²) in [5.74, 6) is -0.568. The zero-order valence-electron chi connectivity index (χ0n) is 17.5. The van der Waals surface area contributed by atoms with Crippen molar-refractivity contribution < 1.29 is 22.3 Å². The number of hydrogen-bond acceptors (Lipinski definition) is 5. The second-order valence-electron chi connectivity index (χ2n) is 6.87. The third-order valence-electron chi connectivity index (χ3n) is 4.51. The molecule has 0 saturated heterocycles. The lowest BCUT2D eigenvalue weighted by atomic mass is 10.2. The average molecular weight is 456 g/mol. The van der Waals surface area contributed by atoms with Crippen molar-refractivity contribution in [1.82, 2.24) is 5.43 Å². The molecule has 0 heterocycles. The van der Waals surface area contributed by atoms with Crippen LogP contribution in [0.15, 0.2) is 82.8 Å². The minimum atomic E-state index is -4.13. The molecule has 166 valence electrons. The van der Waals surface area contributed by atoms with Gasteiger partial charge in [0, 0.05) is 0 Å².